The van der Waals surface area contributed by atoms with Crippen molar-refractivity contribution < 1.29 is 4.79 Å². The van der Waals surface area contributed by atoms with Crippen LogP contribution in [0.3, 0.4) is 0 Å². The third-order valence-corrected chi connectivity index (χ3v) is 4.18. The monoisotopic (exact) mass is 338 g/mol. The summed E-state index contributed by atoms with van der Waals surface area (Å²) in [6.07, 6.45) is 3.53. The lowest BCUT2D eigenvalue weighted by Crippen LogP contribution is -2.26. The minimum Gasteiger partial charge on any atom is -0.303 e. The molecule has 0 spiro atoms. The molecule has 2 heterocycles. The zero-order valence-electron chi connectivity index (χ0n) is 11.1. The number of carbonyl (C=O) groups is 1. The minimum absolute atomic E-state index is 0.0572. The van der Waals surface area contributed by atoms with Crippen LogP contribution in [0, 0.1) is 0 Å². The molecule has 1 amide bonds. The zero-order valence-corrected chi connectivity index (χ0v) is 12.7. The van der Waals surface area contributed by atoms with Crippen molar-refractivity contribution in [2.45, 2.75) is 6.54 Å². The van der Waals surface area contributed by atoms with Crippen LogP contribution in [0.4, 0.5) is 5.69 Å². The van der Waals surface area contributed by atoms with Gasteiger partial charge in [-0.05, 0) is 45.1 Å². The van der Waals surface area contributed by atoms with E-state index < -0.39 is 0 Å². The Labute approximate surface area is 130 Å². The maximum Gasteiger partial charge on any atom is 0.259 e. The molecule has 0 saturated carbocycles. The summed E-state index contributed by atoms with van der Waals surface area (Å²) in [6.45, 7) is 0.527. The molecular weight excluding hydrogens is 328 g/mol. The molecular formula is C17H11BrN2O. The van der Waals surface area contributed by atoms with Gasteiger partial charge in [0, 0.05) is 27.8 Å². The van der Waals surface area contributed by atoms with E-state index in [-0.39, 0.29) is 5.91 Å². The zero-order chi connectivity index (χ0) is 14.4. The van der Waals surface area contributed by atoms with Gasteiger partial charge in [0.2, 0.25) is 0 Å². The van der Waals surface area contributed by atoms with Gasteiger partial charge in [-0.3, -0.25) is 9.78 Å². The molecule has 2 aromatic carbocycles. The smallest absolute Gasteiger partial charge is 0.259 e. The van der Waals surface area contributed by atoms with Crippen LogP contribution in [0.1, 0.15) is 15.9 Å². The third-order valence-electron chi connectivity index (χ3n) is 3.75. The number of halogens is 1. The number of pyridine rings is 1. The summed E-state index contributed by atoms with van der Waals surface area (Å²) in [5.41, 5.74) is 2.77. The number of rotatable bonds is 2. The average Bonchev–Trinajstić information content (AvgIpc) is 2.76. The number of nitrogens with zero attached hydrogens (tertiary/aromatic N) is 2. The van der Waals surface area contributed by atoms with Crippen LogP contribution in [0.25, 0.3) is 10.8 Å². The first-order valence-electron chi connectivity index (χ1n) is 6.67. The summed E-state index contributed by atoms with van der Waals surface area (Å²) in [6, 6.07) is 13.9. The van der Waals surface area contributed by atoms with Crippen molar-refractivity contribution in [3.8, 4) is 0 Å². The first kappa shape index (κ1) is 12.5. The summed E-state index contributed by atoms with van der Waals surface area (Å²) in [4.78, 5) is 18.6. The predicted molar refractivity (Wildman–Crippen MR) is 86.4 cm³/mol. The van der Waals surface area contributed by atoms with Crippen molar-refractivity contribution in [3.05, 3.63) is 70.5 Å². The highest BCUT2D eigenvalue weighted by atomic mass is 79.9. The lowest BCUT2D eigenvalue weighted by atomic mass is 10.1. The normalized spacial score (nSPS) is 13.2. The fraction of sp³-hybridized carbons (Fsp3) is 0.0588. The number of hydrogen-bond acceptors (Lipinski definition) is 2. The van der Waals surface area contributed by atoms with Gasteiger partial charge in [0.1, 0.15) is 0 Å². The second-order valence-corrected chi connectivity index (χ2v) is 6.00. The average molecular weight is 339 g/mol. The van der Waals surface area contributed by atoms with Crippen LogP contribution in [-0.2, 0) is 6.54 Å². The first-order valence-corrected chi connectivity index (χ1v) is 7.46. The van der Waals surface area contributed by atoms with Crippen LogP contribution >= 0.6 is 15.9 Å². The number of benzene rings is 2. The topological polar surface area (TPSA) is 33.2 Å². The SMILES string of the molecule is O=C1c2cccc3cccc(c23)N1Cc1cncc(Br)c1. The van der Waals surface area contributed by atoms with Gasteiger partial charge < -0.3 is 4.90 Å². The lowest BCUT2D eigenvalue weighted by Gasteiger charge is -2.17. The fourth-order valence-corrected chi connectivity index (χ4v) is 3.27. The minimum atomic E-state index is 0.0572. The van der Waals surface area contributed by atoms with E-state index in [1.165, 1.54) is 0 Å². The van der Waals surface area contributed by atoms with Crippen molar-refractivity contribution in [1.82, 2.24) is 4.98 Å². The second kappa shape index (κ2) is 4.67. The number of hydrogen-bond donors (Lipinski definition) is 0. The standard InChI is InChI=1S/C17H11BrN2O/c18-13-7-11(8-19-9-13)10-20-15-6-2-4-12-3-1-5-14(16(12)15)17(20)21/h1-9H,10H2. The van der Waals surface area contributed by atoms with Crippen molar-refractivity contribution >= 4 is 38.3 Å². The number of aromatic nitrogens is 1. The van der Waals surface area contributed by atoms with Gasteiger partial charge in [-0.1, -0.05) is 24.3 Å². The van der Waals surface area contributed by atoms with Gasteiger partial charge in [0.05, 0.1) is 12.2 Å². The van der Waals surface area contributed by atoms with Crippen molar-refractivity contribution in [1.29, 1.82) is 0 Å². The molecule has 0 N–H and O–H groups in total. The first-order chi connectivity index (χ1) is 10.2. The molecule has 4 heteroatoms. The Morgan fingerprint density at radius 1 is 1.10 bits per heavy atom. The molecule has 0 unspecified atom stereocenters. The largest absolute Gasteiger partial charge is 0.303 e. The summed E-state index contributed by atoms with van der Waals surface area (Å²) in [5, 5.41) is 2.15. The third kappa shape index (κ3) is 1.94. The Morgan fingerprint density at radius 3 is 2.71 bits per heavy atom. The van der Waals surface area contributed by atoms with E-state index in [1.54, 1.807) is 12.4 Å². The number of anilines is 1. The van der Waals surface area contributed by atoms with Gasteiger partial charge in [-0.2, -0.15) is 0 Å². The Balaban J connectivity index is 1.82. The van der Waals surface area contributed by atoms with Crippen LogP contribution < -0.4 is 4.90 Å². The highest BCUT2D eigenvalue weighted by Gasteiger charge is 2.29. The van der Waals surface area contributed by atoms with Crippen LogP contribution in [0.2, 0.25) is 0 Å². The highest BCUT2D eigenvalue weighted by molar-refractivity contribution is 9.10. The molecule has 4 rings (SSSR count). The summed E-state index contributed by atoms with van der Waals surface area (Å²) < 4.78 is 0.919. The van der Waals surface area contributed by atoms with E-state index in [1.807, 2.05) is 47.4 Å². The van der Waals surface area contributed by atoms with Gasteiger partial charge in [-0.15, -0.1) is 0 Å². The highest BCUT2D eigenvalue weighted by Crippen LogP contribution is 2.37. The Bertz CT molecular complexity index is 870. The molecule has 1 aromatic heterocycles. The molecule has 0 aliphatic carbocycles. The molecule has 102 valence electrons. The maximum absolute atomic E-state index is 12.7. The molecule has 0 fully saturated rings. The van der Waals surface area contributed by atoms with E-state index in [4.69, 9.17) is 0 Å². The van der Waals surface area contributed by atoms with Crippen molar-refractivity contribution in [2.75, 3.05) is 4.90 Å². The maximum atomic E-state index is 12.7. The van der Waals surface area contributed by atoms with Gasteiger partial charge >= 0.3 is 0 Å². The Hall–Kier alpha value is -2.20. The molecule has 0 atom stereocenters. The second-order valence-electron chi connectivity index (χ2n) is 5.08. The van der Waals surface area contributed by atoms with Gasteiger partial charge in [0.15, 0.2) is 0 Å². The van der Waals surface area contributed by atoms with E-state index >= 15 is 0 Å². The predicted octanol–water partition coefficient (Wildman–Crippen LogP) is 4.16. The van der Waals surface area contributed by atoms with E-state index in [0.717, 1.165) is 32.1 Å². The van der Waals surface area contributed by atoms with Gasteiger partial charge in [0.25, 0.3) is 5.91 Å². The molecule has 3 aromatic rings. The lowest BCUT2D eigenvalue weighted by molar-refractivity contribution is 0.0991. The fourth-order valence-electron chi connectivity index (χ4n) is 2.86. The molecule has 1 aliphatic rings. The van der Waals surface area contributed by atoms with Crippen molar-refractivity contribution in [3.63, 3.8) is 0 Å². The van der Waals surface area contributed by atoms with E-state index in [0.29, 0.717) is 6.54 Å². The molecule has 0 saturated heterocycles. The molecule has 0 bridgehead atoms. The van der Waals surface area contributed by atoms with E-state index in [2.05, 4.69) is 20.9 Å². The van der Waals surface area contributed by atoms with Crippen LogP contribution in [0.5, 0.6) is 0 Å². The molecule has 1 aliphatic heterocycles. The van der Waals surface area contributed by atoms with Crippen LogP contribution in [0.15, 0.2) is 59.3 Å². The van der Waals surface area contributed by atoms with Crippen LogP contribution in [-0.4, -0.2) is 10.9 Å². The summed E-state index contributed by atoms with van der Waals surface area (Å²) >= 11 is 3.42. The summed E-state index contributed by atoms with van der Waals surface area (Å²) in [7, 11) is 0. The number of amides is 1. The molecule has 0 radical (unpaired) electrons. The Kier molecular flexibility index (Phi) is 2.79. The van der Waals surface area contributed by atoms with E-state index in [9.17, 15) is 4.79 Å². The molecule has 3 nitrogen and oxygen atoms in total. The molecule has 21 heavy (non-hydrogen) atoms. The Morgan fingerprint density at radius 2 is 1.90 bits per heavy atom. The quantitative estimate of drug-likeness (QED) is 0.702. The number of carbonyl (C=O) groups excluding carboxylic acids is 1. The summed E-state index contributed by atoms with van der Waals surface area (Å²) in [5.74, 6) is 0.0572. The van der Waals surface area contributed by atoms with Gasteiger partial charge in [-0.25, -0.2) is 0 Å². The van der Waals surface area contributed by atoms with Crippen molar-refractivity contribution in [2.24, 2.45) is 0 Å².